The summed E-state index contributed by atoms with van der Waals surface area (Å²) in [6.45, 7) is 4.96. The predicted molar refractivity (Wildman–Crippen MR) is 81.1 cm³/mol. The molecule has 0 bridgehead atoms. The first-order valence-electron chi connectivity index (χ1n) is 6.84. The van der Waals surface area contributed by atoms with Gasteiger partial charge in [0.15, 0.2) is 0 Å². The van der Waals surface area contributed by atoms with Gasteiger partial charge in [-0.25, -0.2) is 9.97 Å². The number of hydrogen-bond donors (Lipinski definition) is 2. The van der Waals surface area contributed by atoms with Crippen LogP contribution in [0, 0.1) is 5.92 Å². The molecule has 112 valence electrons. The monoisotopic (exact) mass is 288 g/mol. The molecule has 0 unspecified atom stereocenters. The summed E-state index contributed by atoms with van der Waals surface area (Å²) < 4.78 is 5.23. The lowest BCUT2D eigenvalue weighted by atomic mass is 10.1. The summed E-state index contributed by atoms with van der Waals surface area (Å²) in [5.41, 5.74) is 2.08. The number of aliphatic hydroxyl groups excluding tert-OH is 1. The predicted octanol–water partition coefficient (Wildman–Crippen LogP) is 2.11. The summed E-state index contributed by atoms with van der Waals surface area (Å²) in [5.74, 6) is 1.86. The van der Waals surface area contributed by atoms with Gasteiger partial charge in [-0.3, -0.25) is 4.98 Å². The maximum absolute atomic E-state index is 9.20. The third-order valence-corrected chi connectivity index (χ3v) is 2.95. The fraction of sp³-hybridized carbons (Fsp3) is 0.400. The fourth-order valence-electron chi connectivity index (χ4n) is 1.83. The molecule has 0 atom stereocenters. The van der Waals surface area contributed by atoms with E-state index in [-0.39, 0.29) is 6.61 Å². The molecule has 0 spiro atoms. The van der Waals surface area contributed by atoms with Gasteiger partial charge >= 0.3 is 0 Å². The van der Waals surface area contributed by atoms with E-state index in [2.05, 4.69) is 34.1 Å². The molecule has 0 aromatic carbocycles. The smallest absolute Gasteiger partial charge is 0.143 e. The summed E-state index contributed by atoms with van der Waals surface area (Å²) in [7, 11) is 1.55. The zero-order valence-corrected chi connectivity index (χ0v) is 12.5. The van der Waals surface area contributed by atoms with Crippen LogP contribution in [0.2, 0.25) is 0 Å². The minimum atomic E-state index is -0.158. The van der Waals surface area contributed by atoms with Gasteiger partial charge in [-0.2, -0.15) is 0 Å². The van der Waals surface area contributed by atoms with E-state index in [0.717, 1.165) is 23.6 Å². The molecule has 2 N–H and O–H groups in total. The van der Waals surface area contributed by atoms with E-state index in [1.54, 1.807) is 13.3 Å². The van der Waals surface area contributed by atoms with Crippen molar-refractivity contribution >= 4 is 5.82 Å². The molecule has 0 saturated carbocycles. The average molecular weight is 288 g/mol. The highest BCUT2D eigenvalue weighted by molar-refractivity contribution is 5.63. The normalized spacial score (nSPS) is 10.7. The van der Waals surface area contributed by atoms with E-state index in [1.807, 2.05) is 12.1 Å². The van der Waals surface area contributed by atoms with Gasteiger partial charge in [0.25, 0.3) is 0 Å². The third-order valence-electron chi connectivity index (χ3n) is 2.95. The molecule has 0 aliphatic carbocycles. The number of aliphatic hydroxyl groups is 1. The summed E-state index contributed by atoms with van der Waals surface area (Å²) in [5, 5.41) is 12.5. The SMILES string of the molecule is COc1cc(-c2cc(NCC(C)C)ncn2)cnc1CO. The van der Waals surface area contributed by atoms with Gasteiger partial charge in [0.05, 0.1) is 19.4 Å². The Hall–Kier alpha value is -2.21. The van der Waals surface area contributed by atoms with E-state index >= 15 is 0 Å². The first-order chi connectivity index (χ1) is 10.1. The van der Waals surface area contributed by atoms with E-state index in [4.69, 9.17) is 4.74 Å². The number of hydrogen-bond acceptors (Lipinski definition) is 6. The second-order valence-electron chi connectivity index (χ2n) is 5.09. The Balaban J connectivity index is 2.27. The molecule has 2 aromatic heterocycles. The number of aromatic nitrogens is 3. The molecule has 2 rings (SSSR count). The molecule has 21 heavy (non-hydrogen) atoms. The zero-order valence-electron chi connectivity index (χ0n) is 12.5. The number of nitrogens with zero attached hydrogens (tertiary/aromatic N) is 3. The summed E-state index contributed by atoms with van der Waals surface area (Å²) in [4.78, 5) is 12.7. The Morgan fingerprint density at radius 3 is 2.71 bits per heavy atom. The second-order valence-corrected chi connectivity index (χ2v) is 5.09. The van der Waals surface area contributed by atoms with Crippen LogP contribution in [-0.2, 0) is 6.61 Å². The number of ether oxygens (including phenoxy) is 1. The molecule has 6 nitrogen and oxygen atoms in total. The number of methoxy groups -OCH3 is 1. The molecule has 0 radical (unpaired) electrons. The van der Waals surface area contributed by atoms with Crippen molar-refractivity contribution in [3.05, 3.63) is 30.4 Å². The van der Waals surface area contributed by atoms with Crippen molar-refractivity contribution in [1.29, 1.82) is 0 Å². The van der Waals surface area contributed by atoms with Gasteiger partial charge < -0.3 is 15.2 Å². The standard InChI is InChI=1S/C15H20N4O2/c1-10(2)6-17-15-5-12(18-9-19-15)11-4-14(21-3)13(8-20)16-7-11/h4-5,7,9-10,20H,6,8H2,1-3H3,(H,17,18,19). The summed E-state index contributed by atoms with van der Waals surface area (Å²) in [6, 6.07) is 3.69. The Morgan fingerprint density at radius 2 is 2.05 bits per heavy atom. The van der Waals surface area contributed by atoms with Gasteiger partial charge in [0.2, 0.25) is 0 Å². The lowest BCUT2D eigenvalue weighted by molar-refractivity contribution is 0.268. The van der Waals surface area contributed by atoms with Crippen molar-refractivity contribution in [1.82, 2.24) is 15.0 Å². The van der Waals surface area contributed by atoms with Crippen LogP contribution in [0.15, 0.2) is 24.7 Å². The molecule has 2 aromatic rings. The highest BCUT2D eigenvalue weighted by Crippen LogP contribution is 2.25. The van der Waals surface area contributed by atoms with Crippen molar-refractivity contribution in [2.75, 3.05) is 19.0 Å². The largest absolute Gasteiger partial charge is 0.495 e. The molecule has 0 fully saturated rings. The highest BCUT2D eigenvalue weighted by Gasteiger charge is 2.08. The van der Waals surface area contributed by atoms with Crippen molar-refractivity contribution in [3.8, 4) is 17.0 Å². The van der Waals surface area contributed by atoms with Crippen LogP contribution in [-0.4, -0.2) is 33.7 Å². The van der Waals surface area contributed by atoms with Gasteiger partial charge in [0, 0.05) is 24.4 Å². The van der Waals surface area contributed by atoms with Crippen LogP contribution in [0.5, 0.6) is 5.75 Å². The van der Waals surface area contributed by atoms with Gasteiger partial charge in [0.1, 0.15) is 23.6 Å². The van der Waals surface area contributed by atoms with Crippen LogP contribution < -0.4 is 10.1 Å². The summed E-state index contributed by atoms with van der Waals surface area (Å²) in [6.07, 6.45) is 3.19. The molecule has 0 aliphatic heterocycles. The molecule has 2 heterocycles. The fourth-order valence-corrected chi connectivity index (χ4v) is 1.83. The first-order valence-corrected chi connectivity index (χ1v) is 6.84. The van der Waals surface area contributed by atoms with E-state index in [0.29, 0.717) is 17.4 Å². The van der Waals surface area contributed by atoms with Crippen LogP contribution >= 0.6 is 0 Å². The second kappa shape index (κ2) is 6.99. The summed E-state index contributed by atoms with van der Waals surface area (Å²) >= 11 is 0. The molecular weight excluding hydrogens is 268 g/mol. The van der Waals surface area contributed by atoms with Gasteiger partial charge in [-0.15, -0.1) is 0 Å². The van der Waals surface area contributed by atoms with E-state index < -0.39 is 0 Å². The van der Waals surface area contributed by atoms with E-state index in [9.17, 15) is 5.11 Å². The lowest BCUT2D eigenvalue weighted by Gasteiger charge is -2.10. The number of anilines is 1. The average Bonchev–Trinajstić information content (AvgIpc) is 2.52. The lowest BCUT2D eigenvalue weighted by Crippen LogP contribution is -2.09. The molecule has 0 amide bonds. The minimum Gasteiger partial charge on any atom is -0.495 e. The number of nitrogens with one attached hydrogen (secondary N) is 1. The van der Waals surface area contributed by atoms with Crippen LogP contribution in [0.4, 0.5) is 5.82 Å². The number of pyridine rings is 1. The maximum Gasteiger partial charge on any atom is 0.143 e. The molecule has 6 heteroatoms. The molecule has 0 saturated heterocycles. The Kier molecular flexibility index (Phi) is 5.05. The van der Waals surface area contributed by atoms with Crippen molar-refractivity contribution in [3.63, 3.8) is 0 Å². The maximum atomic E-state index is 9.20. The van der Waals surface area contributed by atoms with Crippen LogP contribution in [0.25, 0.3) is 11.3 Å². The van der Waals surface area contributed by atoms with Crippen molar-refractivity contribution in [2.24, 2.45) is 5.92 Å². The van der Waals surface area contributed by atoms with Crippen molar-refractivity contribution in [2.45, 2.75) is 20.5 Å². The topological polar surface area (TPSA) is 80.2 Å². The molecular formula is C15H20N4O2. The Labute approximate surface area is 124 Å². The third kappa shape index (κ3) is 3.88. The quantitative estimate of drug-likeness (QED) is 0.847. The first kappa shape index (κ1) is 15.2. The van der Waals surface area contributed by atoms with Crippen LogP contribution in [0.1, 0.15) is 19.5 Å². The van der Waals surface area contributed by atoms with E-state index in [1.165, 1.54) is 6.33 Å². The Bertz CT molecular complexity index is 602. The molecule has 0 aliphatic rings. The number of rotatable bonds is 6. The minimum absolute atomic E-state index is 0.158. The van der Waals surface area contributed by atoms with Crippen LogP contribution in [0.3, 0.4) is 0 Å². The highest BCUT2D eigenvalue weighted by atomic mass is 16.5. The Morgan fingerprint density at radius 1 is 1.24 bits per heavy atom. The van der Waals surface area contributed by atoms with Gasteiger partial charge in [-0.1, -0.05) is 13.8 Å². The van der Waals surface area contributed by atoms with Gasteiger partial charge in [-0.05, 0) is 12.0 Å². The zero-order chi connectivity index (χ0) is 15.2. The van der Waals surface area contributed by atoms with Crippen molar-refractivity contribution < 1.29 is 9.84 Å².